The second-order valence-corrected chi connectivity index (χ2v) is 4.61. The van der Waals surface area contributed by atoms with Crippen LogP contribution < -0.4 is 21.5 Å². The average molecular weight is 266 g/mol. The van der Waals surface area contributed by atoms with Crippen LogP contribution in [0.25, 0.3) is 0 Å². The maximum Gasteiger partial charge on any atom is 0.243 e. The Balaban J connectivity index is 2.13. The molecule has 8 nitrogen and oxygen atoms in total. The maximum atomic E-state index is 5.32. The van der Waals surface area contributed by atoms with E-state index >= 15 is 0 Å². The highest BCUT2D eigenvalue weighted by molar-refractivity contribution is 7.09. The largest absolute Gasteiger partial charge is 0.349 e. The normalized spacial score (nSPS) is 10.2. The van der Waals surface area contributed by atoms with Crippen molar-refractivity contribution in [1.82, 2.24) is 19.9 Å². The third-order valence-corrected chi connectivity index (χ3v) is 2.84. The van der Waals surface area contributed by atoms with E-state index in [4.69, 9.17) is 5.84 Å². The van der Waals surface area contributed by atoms with Crippen molar-refractivity contribution in [2.75, 3.05) is 29.7 Å². The van der Waals surface area contributed by atoms with Gasteiger partial charge in [0, 0.05) is 25.2 Å². The number of hydrogen-bond acceptors (Lipinski definition) is 9. The Morgan fingerprint density at radius 3 is 2.67 bits per heavy atom. The molecule has 2 heterocycles. The maximum absolute atomic E-state index is 5.32. The first-order chi connectivity index (χ1) is 8.69. The van der Waals surface area contributed by atoms with E-state index in [1.165, 1.54) is 0 Å². The van der Waals surface area contributed by atoms with Crippen molar-refractivity contribution < 1.29 is 0 Å². The number of anilines is 3. The van der Waals surface area contributed by atoms with E-state index in [9.17, 15) is 0 Å². The van der Waals surface area contributed by atoms with E-state index in [-0.39, 0.29) is 0 Å². The summed E-state index contributed by atoms with van der Waals surface area (Å²) in [6.45, 7) is 0.617. The fourth-order valence-electron chi connectivity index (χ4n) is 1.20. The highest BCUT2D eigenvalue weighted by Gasteiger charge is 2.07. The van der Waals surface area contributed by atoms with Crippen molar-refractivity contribution in [1.29, 1.82) is 0 Å². The molecular formula is C9H14N8S. The summed E-state index contributed by atoms with van der Waals surface area (Å²) in [5, 5.41) is 3.10. The third kappa shape index (κ3) is 3.02. The lowest BCUT2D eigenvalue weighted by molar-refractivity contribution is 0.941. The Kier molecular flexibility index (Phi) is 3.85. The van der Waals surface area contributed by atoms with Gasteiger partial charge in [0.2, 0.25) is 17.8 Å². The van der Waals surface area contributed by atoms with E-state index < -0.39 is 0 Å². The molecule has 0 aliphatic heterocycles. The van der Waals surface area contributed by atoms with Crippen LogP contribution in [0, 0.1) is 0 Å². The topological polar surface area (TPSA) is 105 Å². The van der Waals surface area contributed by atoms with Crippen molar-refractivity contribution in [3.8, 4) is 0 Å². The number of thiazole rings is 1. The summed E-state index contributed by atoms with van der Waals surface area (Å²) in [7, 11) is 3.70. The molecule has 0 radical (unpaired) electrons. The summed E-state index contributed by atoms with van der Waals surface area (Å²) in [6.07, 6.45) is 1.80. The number of nitrogens with zero attached hydrogens (tertiary/aromatic N) is 5. The van der Waals surface area contributed by atoms with Crippen LogP contribution in [-0.4, -0.2) is 34.0 Å². The first kappa shape index (κ1) is 12.5. The third-order valence-electron chi connectivity index (χ3n) is 2.06. The molecule has 0 saturated carbocycles. The van der Waals surface area contributed by atoms with Crippen molar-refractivity contribution in [3.05, 3.63) is 16.6 Å². The lowest BCUT2D eigenvalue weighted by Gasteiger charge is -2.12. The molecule has 0 amide bonds. The molecule has 0 aliphatic carbocycles. The molecular weight excluding hydrogens is 252 g/mol. The predicted molar refractivity (Wildman–Crippen MR) is 71.4 cm³/mol. The quantitative estimate of drug-likeness (QED) is 0.524. The monoisotopic (exact) mass is 266 g/mol. The molecule has 2 aromatic heterocycles. The van der Waals surface area contributed by atoms with Crippen molar-refractivity contribution in [2.45, 2.75) is 6.54 Å². The molecule has 96 valence electrons. The fraction of sp³-hybridized carbons (Fsp3) is 0.333. The summed E-state index contributed by atoms with van der Waals surface area (Å²) < 4.78 is 0. The van der Waals surface area contributed by atoms with Crippen LogP contribution in [0.15, 0.2) is 11.7 Å². The van der Waals surface area contributed by atoms with Crippen LogP contribution >= 0.6 is 11.3 Å². The van der Waals surface area contributed by atoms with Crippen LogP contribution in [-0.2, 0) is 6.54 Å². The Morgan fingerprint density at radius 1 is 1.28 bits per heavy atom. The van der Waals surface area contributed by atoms with Crippen molar-refractivity contribution >= 4 is 29.2 Å². The minimum absolute atomic E-state index is 0.320. The van der Waals surface area contributed by atoms with Crippen LogP contribution in [0.5, 0.6) is 0 Å². The van der Waals surface area contributed by atoms with E-state index in [1.807, 2.05) is 14.1 Å². The molecule has 0 aromatic carbocycles. The van der Waals surface area contributed by atoms with Crippen LogP contribution in [0.2, 0.25) is 0 Å². The minimum atomic E-state index is 0.320. The van der Waals surface area contributed by atoms with Crippen LogP contribution in [0.3, 0.4) is 0 Å². The SMILES string of the molecule is CN(C)c1nc(NN)nc(NCc2cncs2)n1. The number of nitrogens with one attached hydrogen (secondary N) is 2. The average Bonchev–Trinajstić information content (AvgIpc) is 2.89. The van der Waals surface area contributed by atoms with E-state index in [0.29, 0.717) is 24.4 Å². The van der Waals surface area contributed by atoms with Gasteiger partial charge < -0.3 is 10.2 Å². The van der Waals surface area contributed by atoms with Gasteiger partial charge in [-0.05, 0) is 0 Å². The summed E-state index contributed by atoms with van der Waals surface area (Å²) in [5.41, 5.74) is 4.20. The van der Waals surface area contributed by atoms with Gasteiger partial charge in [0.05, 0.1) is 12.1 Å². The zero-order valence-electron chi connectivity index (χ0n) is 10.1. The van der Waals surface area contributed by atoms with Crippen LogP contribution in [0.4, 0.5) is 17.8 Å². The summed E-state index contributed by atoms with van der Waals surface area (Å²) >= 11 is 1.57. The first-order valence-corrected chi connectivity index (χ1v) is 6.08. The highest BCUT2D eigenvalue weighted by Crippen LogP contribution is 2.12. The number of rotatable bonds is 5. The number of nitrogen functional groups attached to an aromatic ring is 1. The van der Waals surface area contributed by atoms with Gasteiger partial charge in [0.15, 0.2) is 0 Å². The second-order valence-electron chi connectivity index (χ2n) is 3.64. The Hall–Kier alpha value is -2.00. The zero-order valence-corrected chi connectivity index (χ0v) is 10.9. The zero-order chi connectivity index (χ0) is 13.0. The smallest absolute Gasteiger partial charge is 0.243 e. The molecule has 2 aromatic rings. The van der Waals surface area contributed by atoms with Crippen molar-refractivity contribution in [3.63, 3.8) is 0 Å². The number of nitrogens with two attached hydrogens (primary N) is 1. The number of hydrazine groups is 1. The second kappa shape index (κ2) is 5.56. The molecule has 0 unspecified atom stereocenters. The van der Waals surface area contributed by atoms with E-state index in [1.54, 1.807) is 27.9 Å². The molecule has 4 N–H and O–H groups in total. The lowest BCUT2D eigenvalue weighted by atomic mass is 10.5. The molecule has 0 aliphatic rings. The van der Waals surface area contributed by atoms with Gasteiger partial charge in [-0.3, -0.25) is 10.4 Å². The van der Waals surface area contributed by atoms with Gasteiger partial charge in [-0.15, -0.1) is 11.3 Å². The fourth-order valence-corrected chi connectivity index (χ4v) is 1.74. The van der Waals surface area contributed by atoms with Gasteiger partial charge in [0.25, 0.3) is 0 Å². The molecule has 2 rings (SSSR count). The van der Waals surface area contributed by atoms with Crippen molar-refractivity contribution in [2.24, 2.45) is 5.84 Å². The summed E-state index contributed by atoms with van der Waals surface area (Å²) in [5.74, 6) is 6.64. The molecule has 18 heavy (non-hydrogen) atoms. The Labute approximate surface area is 108 Å². The van der Waals surface area contributed by atoms with E-state index in [2.05, 4.69) is 30.7 Å². The Morgan fingerprint density at radius 2 is 2.06 bits per heavy atom. The summed E-state index contributed by atoms with van der Waals surface area (Å²) in [4.78, 5) is 19.4. The number of hydrogen-bond donors (Lipinski definition) is 3. The first-order valence-electron chi connectivity index (χ1n) is 5.20. The van der Waals surface area contributed by atoms with Gasteiger partial charge in [-0.1, -0.05) is 0 Å². The summed E-state index contributed by atoms with van der Waals surface area (Å²) in [6, 6.07) is 0. The van der Waals surface area contributed by atoms with Gasteiger partial charge in [0.1, 0.15) is 0 Å². The lowest BCUT2D eigenvalue weighted by Crippen LogP contribution is -2.18. The molecule has 0 fully saturated rings. The molecule has 9 heteroatoms. The van der Waals surface area contributed by atoms with E-state index in [0.717, 1.165) is 4.88 Å². The highest BCUT2D eigenvalue weighted by atomic mass is 32.1. The van der Waals surface area contributed by atoms with Gasteiger partial charge >= 0.3 is 0 Å². The molecule has 0 saturated heterocycles. The molecule has 0 spiro atoms. The minimum Gasteiger partial charge on any atom is -0.349 e. The van der Waals surface area contributed by atoms with Gasteiger partial charge in [-0.2, -0.15) is 15.0 Å². The number of aromatic nitrogens is 4. The van der Waals surface area contributed by atoms with Gasteiger partial charge in [-0.25, -0.2) is 5.84 Å². The molecule has 0 bridgehead atoms. The Bertz CT molecular complexity index is 497. The standard InChI is InChI=1S/C9H14N8S/c1-17(2)9-14-7(13-8(15-9)16-10)12-4-6-3-11-5-18-6/h3,5H,4,10H2,1-2H3,(H2,12,13,14,15,16). The predicted octanol–water partition coefficient (Wildman–Crippen LogP) is 0.292. The molecule has 0 atom stereocenters. The van der Waals surface area contributed by atoms with Crippen LogP contribution in [0.1, 0.15) is 4.88 Å².